The molecule has 4 aromatic rings. The second-order valence-corrected chi connectivity index (χ2v) is 10.0. The Morgan fingerprint density at radius 1 is 0.846 bits per heavy atom. The summed E-state index contributed by atoms with van der Waals surface area (Å²) in [4.78, 5) is 28.9. The highest BCUT2D eigenvalue weighted by molar-refractivity contribution is 5.96. The van der Waals surface area contributed by atoms with E-state index in [0.717, 1.165) is 18.4 Å². The number of aryl methyl sites for hydroxylation is 2. The monoisotopic (exact) mass is 520 g/mol. The van der Waals surface area contributed by atoms with Gasteiger partial charge in [-0.3, -0.25) is 19.3 Å². The molecule has 0 atom stereocenters. The van der Waals surface area contributed by atoms with Crippen LogP contribution < -0.4 is 20.5 Å². The molecule has 6 rings (SSSR count). The number of amides is 1. The Morgan fingerprint density at radius 3 is 2.15 bits per heavy atom. The molecule has 0 spiro atoms. The topological polar surface area (TPSA) is 66.8 Å². The molecule has 3 aromatic carbocycles. The van der Waals surface area contributed by atoms with Crippen LogP contribution in [0.1, 0.15) is 44.3 Å². The van der Waals surface area contributed by atoms with Gasteiger partial charge in [-0.05, 0) is 47.7 Å². The highest BCUT2D eigenvalue weighted by atomic mass is 16.5. The van der Waals surface area contributed by atoms with Crippen molar-refractivity contribution in [3.05, 3.63) is 135 Å². The minimum atomic E-state index is -0.303. The Morgan fingerprint density at radius 2 is 1.49 bits per heavy atom. The number of nitrogens with one attached hydrogen (secondary N) is 1. The van der Waals surface area contributed by atoms with Crippen LogP contribution in [0.2, 0.25) is 0 Å². The molecule has 1 aliphatic carbocycles. The summed E-state index contributed by atoms with van der Waals surface area (Å²) in [7, 11) is 1.87. The minimum absolute atomic E-state index is 0.0840. The Labute approximate surface area is 228 Å². The van der Waals surface area contributed by atoms with Crippen molar-refractivity contribution >= 4 is 5.91 Å². The smallest absolute Gasteiger partial charge is 0.277 e. The number of hydrogen-bond acceptors (Lipinski definition) is 5. The highest BCUT2D eigenvalue weighted by Gasteiger charge is 2.38. The van der Waals surface area contributed by atoms with E-state index in [1.165, 1.54) is 28.3 Å². The highest BCUT2D eigenvalue weighted by Crippen LogP contribution is 2.38. The second-order valence-electron chi connectivity index (χ2n) is 10.0. The molecule has 0 fully saturated rings. The lowest BCUT2D eigenvalue weighted by Gasteiger charge is -2.44. The quantitative estimate of drug-likeness (QED) is 0.401. The van der Waals surface area contributed by atoms with Crippen LogP contribution in [0.5, 0.6) is 5.75 Å². The third kappa shape index (κ3) is 4.70. The molecule has 2 heterocycles. The van der Waals surface area contributed by atoms with Crippen molar-refractivity contribution < 1.29 is 9.53 Å². The van der Waals surface area contributed by atoms with Gasteiger partial charge in [-0.15, -0.1) is 0 Å². The van der Waals surface area contributed by atoms with Crippen LogP contribution in [0, 0.1) is 0 Å². The number of likely N-dealkylation sites (N-methyl/N-ethyl adjacent to an activating group) is 1. The van der Waals surface area contributed by atoms with Crippen molar-refractivity contribution in [2.24, 2.45) is 0 Å². The second kappa shape index (κ2) is 10.8. The number of carbonyl (C=O) groups excluding carboxylic acids is 1. The van der Waals surface area contributed by atoms with Gasteiger partial charge in [0.25, 0.3) is 5.91 Å². The van der Waals surface area contributed by atoms with Gasteiger partial charge in [-0.2, -0.15) is 0 Å². The van der Waals surface area contributed by atoms with Crippen LogP contribution in [0.4, 0.5) is 0 Å². The maximum atomic E-state index is 13.9. The van der Waals surface area contributed by atoms with Crippen LogP contribution >= 0.6 is 0 Å². The van der Waals surface area contributed by atoms with Gasteiger partial charge in [0.15, 0.2) is 11.4 Å². The van der Waals surface area contributed by atoms with Crippen LogP contribution in [0.25, 0.3) is 0 Å². The molecule has 1 N–H and O–H groups in total. The Balaban J connectivity index is 1.52. The van der Waals surface area contributed by atoms with Gasteiger partial charge < -0.3 is 15.0 Å². The molecule has 39 heavy (non-hydrogen) atoms. The van der Waals surface area contributed by atoms with E-state index in [0.29, 0.717) is 19.8 Å². The van der Waals surface area contributed by atoms with Crippen molar-refractivity contribution in [2.75, 3.05) is 31.8 Å². The van der Waals surface area contributed by atoms with Gasteiger partial charge in [-0.1, -0.05) is 78.9 Å². The zero-order valence-corrected chi connectivity index (χ0v) is 22.0. The number of benzene rings is 3. The molecular weight excluding hydrogens is 488 g/mol. The summed E-state index contributed by atoms with van der Waals surface area (Å²) < 4.78 is 7.97. The zero-order chi connectivity index (χ0) is 26.8. The molecule has 7 heteroatoms. The average molecular weight is 521 g/mol. The van der Waals surface area contributed by atoms with Crippen molar-refractivity contribution in [1.82, 2.24) is 14.9 Å². The summed E-state index contributed by atoms with van der Waals surface area (Å²) in [6, 6.07) is 28.1. The molecular formula is C32H32N4O3. The first-order chi connectivity index (χ1) is 19.2. The lowest BCUT2D eigenvalue weighted by molar-refractivity contribution is 0.0679. The van der Waals surface area contributed by atoms with E-state index in [-0.39, 0.29) is 35.4 Å². The maximum Gasteiger partial charge on any atom is 0.277 e. The SMILES string of the molecule is CNCCN1CN(C2c3ccccc3CCc3ccccc32)n2ccc(=O)c(OCc3ccccc3)c2C1=O. The summed E-state index contributed by atoms with van der Waals surface area (Å²) in [5.41, 5.74) is 5.89. The van der Waals surface area contributed by atoms with Gasteiger partial charge >= 0.3 is 0 Å². The maximum absolute atomic E-state index is 13.9. The summed E-state index contributed by atoms with van der Waals surface area (Å²) in [5.74, 6) is -0.127. The van der Waals surface area contributed by atoms with Crippen molar-refractivity contribution in [1.29, 1.82) is 0 Å². The summed E-state index contributed by atoms with van der Waals surface area (Å²) in [6.07, 6.45) is 3.61. The molecule has 1 amide bonds. The normalized spacial score (nSPS) is 14.8. The zero-order valence-electron chi connectivity index (χ0n) is 22.0. The fourth-order valence-corrected chi connectivity index (χ4v) is 5.68. The van der Waals surface area contributed by atoms with E-state index in [1.807, 2.05) is 42.1 Å². The van der Waals surface area contributed by atoms with Gasteiger partial charge in [0.1, 0.15) is 13.3 Å². The predicted octanol–water partition coefficient (Wildman–Crippen LogP) is 3.89. The molecule has 1 aromatic heterocycles. The summed E-state index contributed by atoms with van der Waals surface area (Å²) in [6.45, 7) is 1.71. The number of aromatic nitrogens is 1. The largest absolute Gasteiger partial charge is 0.482 e. The number of fused-ring (bicyclic) bond motifs is 3. The van der Waals surface area contributed by atoms with Crippen molar-refractivity contribution in [3.63, 3.8) is 0 Å². The molecule has 0 saturated heterocycles. The number of pyridine rings is 1. The first kappa shape index (κ1) is 24.9. The van der Waals surface area contributed by atoms with Gasteiger partial charge in [0.2, 0.25) is 5.43 Å². The first-order valence-electron chi connectivity index (χ1n) is 13.4. The van der Waals surface area contributed by atoms with Gasteiger partial charge in [-0.25, -0.2) is 0 Å². The Bertz CT molecular complexity index is 1500. The molecule has 0 radical (unpaired) electrons. The third-order valence-corrected chi connectivity index (χ3v) is 7.64. The van der Waals surface area contributed by atoms with E-state index in [1.54, 1.807) is 11.1 Å². The molecule has 0 saturated carbocycles. The summed E-state index contributed by atoms with van der Waals surface area (Å²) in [5, 5.41) is 5.35. The molecule has 0 bridgehead atoms. The molecule has 7 nitrogen and oxygen atoms in total. The van der Waals surface area contributed by atoms with Crippen LogP contribution in [-0.4, -0.2) is 42.3 Å². The van der Waals surface area contributed by atoms with Gasteiger partial charge in [0.05, 0.1) is 6.04 Å². The summed E-state index contributed by atoms with van der Waals surface area (Å²) >= 11 is 0. The molecule has 198 valence electrons. The van der Waals surface area contributed by atoms with E-state index >= 15 is 0 Å². The minimum Gasteiger partial charge on any atom is -0.482 e. The van der Waals surface area contributed by atoms with E-state index in [2.05, 4.69) is 58.9 Å². The fourth-order valence-electron chi connectivity index (χ4n) is 5.68. The lowest BCUT2D eigenvalue weighted by Crippen LogP contribution is -2.56. The molecule has 1 aliphatic heterocycles. The van der Waals surface area contributed by atoms with E-state index in [9.17, 15) is 9.59 Å². The lowest BCUT2D eigenvalue weighted by atomic mass is 9.94. The number of hydrogen-bond donors (Lipinski definition) is 1. The van der Waals surface area contributed by atoms with Gasteiger partial charge in [0, 0.05) is 25.4 Å². The molecule has 2 aliphatic rings. The standard InChI is InChI=1S/C32H32N4O3/c1-33-18-20-34-22-36(29-26-13-7-5-11-24(26)15-16-25-12-6-8-14-27(25)29)35-19-17-28(37)31(30(35)32(34)38)39-21-23-9-3-2-4-10-23/h2-14,17,19,29,33H,15-16,18,20-22H2,1H3. The van der Waals surface area contributed by atoms with Crippen molar-refractivity contribution in [3.8, 4) is 5.75 Å². The Hall–Kier alpha value is -4.36. The van der Waals surface area contributed by atoms with Crippen LogP contribution in [0.15, 0.2) is 95.9 Å². The number of rotatable bonds is 7. The van der Waals surface area contributed by atoms with Crippen molar-refractivity contribution in [2.45, 2.75) is 25.5 Å². The van der Waals surface area contributed by atoms with Crippen LogP contribution in [-0.2, 0) is 19.4 Å². The predicted molar refractivity (Wildman–Crippen MR) is 152 cm³/mol. The third-order valence-electron chi connectivity index (χ3n) is 7.64. The molecule has 0 unspecified atom stereocenters. The Kier molecular flexibility index (Phi) is 6.90. The number of ether oxygens (including phenoxy) is 1. The fraction of sp³-hybridized carbons (Fsp3) is 0.250. The average Bonchev–Trinajstić information content (AvgIpc) is 3.14. The van der Waals surface area contributed by atoms with E-state index in [4.69, 9.17) is 4.74 Å². The number of carbonyl (C=O) groups is 1. The van der Waals surface area contributed by atoms with E-state index < -0.39 is 0 Å². The number of nitrogens with zero attached hydrogens (tertiary/aromatic N) is 3. The first-order valence-corrected chi connectivity index (χ1v) is 13.4. The van der Waals surface area contributed by atoms with Crippen LogP contribution in [0.3, 0.4) is 0 Å².